The Morgan fingerprint density at radius 3 is 2.44 bits per heavy atom. The maximum atomic E-state index is 12.0. The van der Waals surface area contributed by atoms with Crippen LogP contribution in [-0.4, -0.2) is 27.1 Å². The van der Waals surface area contributed by atoms with E-state index in [0.29, 0.717) is 42.2 Å². The number of aliphatic carboxylic acids is 1. The lowest BCUT2D eigenvalue weighted by atomic mass is 9.96. The van der Waals surface area contributed by atoms with Gasteiger partial charge in [0.25, 0.3) is 0 Å². The van der Waals surface area contributed by atoms with E-state index < -0.39 is 5.97 Å². The van der Waals surface area contributed by atoms with Gasteiger partial charge < -0.3 is 14.9 Å². The van der Waals surface area contributed by atoms with E-state index in [-0.39, 0.29) is 17.7 Å². The normalized spacial score (nSPS) is 11.3. The highest BCUT2D eigenvalue weighted by atomic mass is 16.5. The van der Waals surface area contributed by atoms with Gasteiger partial charge in [-0.05, 0) is 24.1 Å². The number of carboxylic acids is 1. The number of carbonyl (C=O) groups excluding carboxylic acids is 1. The molecule has 0 atom stereocenters. The number of anilines is 1. The molecule has 1 aromatic carbocycles. The molecule has 2 aromatic rings. The quantitative estimate of drug-likeness (QED) is 0.799. The van der Waals surface area contributed by atoms with Crippen molar-refractivity contribution in [1.82, 2.24) is 10.1 Å². The number of nitrogens with one attached hydrogen (secondary N) is 1. The highest BCUT2D eigenvalue weighted by Crippen LogP contribution is 2.19. The molecule has 0 spiro atoms. The molecule has 1 aromatic heterocycles. The average Bonchev–Trinajstić information content (AvgIpc) is 2.98. The molecule has 0 aliphatic rings. The van der Waals surface area contributed by atoms with Crippen LogP contribution in [0.2, 0.25) is 0 Å². The van der Waals surface area contributed by atoms with Gasteiger partial charge in [0.05, 0.1) is 6.42 Å². The lowest BCUT2D eigenvalue weighted by molar-refractivity contribution is -0.136. The first kappa shape index (κ1) is 18.6. The number of hydrogen-bond donors (Lipinski definition) is 2. The van der Waals surface area contributed by atoms with Gasteiger partial charge in [0, 0.05) is 23.9 Å². The lowest BCUT2D eigenvalue weighted by Crippen LogP contribution is -2.13. The minimum absolute atomic E-state index is 0.0328. The maximum Gasteiger partial charge on any atom is 0.307 e. The fraction of sp³-hybridized carbons (Fsp3) is 0.444. The summed E-state index contributed by atoms with van der Waals surface area (Å²) in [5.41, 5.74) is 1.18. The summed E-state index contributed by atoms with van der Waals surface area (Å²) < 4.78 is 5.20. The monoisotopic (exact) mass is 345 g/mol. The summed E-state index contributed by atoms with van der Waals surface area (Å²) in [6.45, 7) is 6.03. The average molecular weight is 345 g/mol. The lowest BCUT2D eigenvalue weighted by Gasteiger charge is -2.10. The summed E-state index contributed by atoms with van der Waals surface area (Å²) in [5, 5.41) is 15.5. The number of rotatable bonds is 7. The van der Waals surface area contributed by atoms with Crippen molar-refractivity contribution in [2.75, 3.05) is 5.32 Å². The maximum absolute atomic E-state index is 12.0. The number of benzene rings is 1. The van der Waals surface area contributed by atoms with Crippen molar-refractivity contribution >= 4 is 17.6 Å². The number of aryl methyl sites for hydroxylation is 1. The predicted molar refractivity (Wildman–Crippen MR) is 92.3 cm³/mol. The third-order valence-electron chi connectivity index (χ3n) is 3.53. The van der Waals surface area contributed by atoms with E-state index in [9.17, 15) is 9.59 Å². The Labute approximate surface area is 146 Å². The summed E-state index contributed by atoms with van der Waals surface area (Å²) in [4.78, 5) is 26.9. The topological polar surface area (TPSA) is 105 Å². The summed E-state index contributed by atoms with van der Waals surface area (Å²) in [5.74, 6) is 0.207. The zero-order chi connectivity index (χ0) is 18.4. The smallest absolute Gasteiger partial charge is 0.307 e. The molecule has 7 nitrogen and oxygen atoms in total. The Balaban J connectivity index is 1.77. The minimum atomic E-state index is -0.882. The van der Waals surface area contributed by atoms with Crippen molar-refractivity contribution in [2.24, 2.45) is 0 Å². The number of carboxylic acid groups (broad SMARTS) is 1. The van der Waals surface area contributed by atoms with E-state index in [1.807, 2.05) is 20.8 Å². The van der Waals surface area contributed by atoms with Crippen LogP contribution in [0.1, 0.15) is 50.9 Å². The zero-order valence-electron chi connectivity index (χ0n) is 14.7. The van der Waals surface area contributed by atoms with Crippen LogP contribution in [0.15, 0.2) is 28.8 Å². The second-order valence-electron chi connectivity index (χ2n) is 6.93. The Morgan fingerprint density at radius 2 is 1.88 bits per heavy atom. The number of carbonyl (C=O) groups is 2. The number of aromatic nitrogens is 2. The van der Waals surface area contributed by atoms with Crippen LogP contribution in [-0.2, 0) is 27.8 Å². The molecule has 0 bridgehead atoms. The zero-order valence-corrected chi connectivity index (χ0v) is 14.7. The largest absolute Gasteiger partial charge is 0.481 e. The summed E-state index contributed by atoms with van der Waals surface area (Å²) in [6, 6.07) is 6.78. The van der Waals surface area contributed by atoms with Gasteiger partial charge in [-0.15, -0.1) is 0 Å². The minimum Gasteiger partial charge on any atom is -0.481 e. The molecule has 0 saturated carbocycles. The van der Waals surface area contributed by atoms with Gasteiger partial charge in [-0.2, -0.15) is 4.98 Å². The number of nitrogens with zero attached hydrogens (tertiary/aromatic N) is 2. The first-order valence-corrected chi connectivity index (χ1v) is 8.17. The molecule has 0 aliphatic heterocycles. The molecule has 2 rings (SSSR count). The summed E-state index contributed by atoms with van der Waals surface area (Å²) in [7, 11) is 0. The molecular formula is C18H23N3O4. The second kappa shape index (κ2) is 7.92. The Bertz CT molecular complexity index is 730. The Morgan fingerprint density at radius 1 is 1.20 bits per heavy atom. The van der Waals surface area contributed by atoms with E-state index in [2.05, 4.69) is 15.5 Å². The number of hydrogen-bond acceptors (Lipinski definition) is 5. The van der Waals surface area contributed by atoms with Crippen LogP contribution in [0.5, 0.6) is 0 Å². The van der Waals surface area contributed by atoms with Crippen LogP contribution in [0.3, 0.4) is 0 Å². The van der Waals surface area contributed by atoms with Gasteiger partial charge in [0.15, 0.2) is 5.82 Å². The molecular weight excluding hydrogens is 322 g/mol. The summed E-state index contributed by atoms with van der Waals surface area (Å²) >= 11 is 0. The fourth-order valence-corrected chi connectivity index (χ4v) is 2.17. The van der Waals surface area contributed by atoms with Gasteiger partial charge in [0.1, 0.15) is 0 Å². The third kappa shape index (κ3) is 6.02. The van der Waals surface area contributed by atoms with E-state index in [4.69, 9.17) is 9.63 Å². The SMILES string of the molecule is CC(C)(C)c1noc(CCCC(=O)Nc2ccc(CC(=O)O)cc2)n1. The first-order valence-electron chi connectivity index (χ1n) is 8.17. The molecule has 0 radical (unpaired) electrons. The molecule has 0 unspecified atom stereocenters. The van der Waals surface area contributed by atoms with Crippen molar-refractivity contribution in [3.8, 4) is 0 Å². The van der Waals surface area contributed by atoms with E-state index in [0.717, 1.165) is 0 Å². The molecule has 25 heavy (non-hydrogen) atoms. The summed E-state index contributed by atoms with van der Waals surface area (Å²) in [6.07, 6.45) is 1.46. The van der Waals surface area contributed by atoms with Crippen LogP contribution >= 0.6 is 0 Å². The van der Waals surface area contributed by atoms with Crippen molar-refractivity contribution < 1.29 is 19.2 Å². The Hall–Kier alpha value is -2.70. The first-order chi connectivity index (χ1) is 11.7. The highest BCUT2D eigenvalue weighted by molar-refractivity contribution is 5.90. The van der Waals surface area contributed by atoms with Gasteiger partial charge >= 0.3 is 5.97 Å². The molecule has 7 heteroatoms. The molecule has 0 aliphatic carbocycles. The molecule has 1 amide bonds. The van der Waals surface area contributed by atoms with Gasteiger partial charge in [-0.1, -0.05) is 38.1 Å². The Kier molecular flexibility index (Phi) is 5.90. The standard InChI is InChI=1S/C18H23N3O4/c1-18(2,3)17-20-15(25-21-17)6-4-5-14(22)19-13-9-7-12(8-10-13)11-16(23)24/h7-10H,4-6,11H2,1-3H3,(H,19,22)(H,23,24). The molecule has 0 fully saturated rings. The van der Waals surface area contributed by atoms with Gasteiger partial charge in [-0.25, -0.2) is 0 Å². The number of amides is 1. The predicted octanol–water partition coefficient (Wildman–Crippen LogP) is 2.96. The van der Waals surface area contributed by atoms with Crippen molar-refractivity contribution in [3.05, 3.63) is 41.5 Å². The van der Waals surface area contributed by atoms with Crippen molar-refractivity contribution in [3.63, 3.8) is 0 Å². The van der Waals surface area contributed by atoms with Gasteiger partial charge in [-0.3, -0.25) is 9.59 Å². The second-order valence-corrected chi connectivity index (χ2v) is 6.93. The molecule has 2 N–H and O–H groups in total. The van der Waals surface area contributed by atoms with Crippen LogP contribution < -0.4 is 5.32 Å². The van der Waals surface area contributed by atoms with Crippen LogP contribution in [0, 0.1) is 0 Å². The van der Waals surface area contributed by atoms with E-state index in [1.165, 1.54) is 0 Å². The van der Waals surface area contributed by atoms with E-state index >= 15 is 0 Å². The van der Waals surface area contributed by atoms with Crippen LogP contribution in [0.4, 0.5) is 5.69 Å². The van der Waals surface area contributed by atoms with Crippen molar-refractivity contribution in [2.45, 2.75) is 51.9 Å². The molecule has 0 saturated heterocycles. The van der Waals surface area contributed by atoms with Crippen LogP contribution in [0.25, 0.3) is 0 Å². The van der Waals surface area contributed by atoms with Crippen molar-refractivity contribution in [1.29, 1.82) is 0 Å². The fourth-order valence-electron chi connectivity index (χ4n) is 2.17. The molecule has 1 heterocycles. The van der Waals surface area contributed by atoms with Gasteiger partial charge in [0.2, 0.25) is 11.8 Å². The third-order valence-corrected chi connectivity index (χ3v) is 3.53. The molecule has 134 valence electrons. The van der Waals surface area contributed by atoms with E-state index in [1.54, 1.807) is 24.3 Å². The highest BCUT2D eigenvalue weighted by Gasteiger charge is 2.20.